The summed E-state index contributed by atoms with van der Waals surface area (Å²) in [6.45, 7) is 2.51. The van der Waals surface area contributed by atoms with Crippen LogP contribution in [0.4, 0.5) is 0 Å². The molecule has 182 valence electrons. The summed E-state index contributed by atoms with van der Waals surface area (Å²) in [4.78, 5) is 16.7. The van der Waals surface area contributed by atoms with Crippen molar-refractivity contribution in [3.05, 3.63) is 53.6 Å². The van der Waals surface area contributed by atoms with Gasteiger partial charge in [-0.1, -0.05) is 12.1 Å². The summed E-state index contributed by atoms with van der Waals surface area (Å²) < 4.78 is 39.1. The Bertz CT molecular complexity index is 1130. The highest BCUT2D eigenvalue weighted by atomic mass is 32.2. The second-order valence-corrected chi connectivity index (χ2v) is 10.0. The smallest absolute Gasteiger partial charge is 0.240 e. The third-order valence-electron chi connectivity index (χ3n) is 5.29. The number of hydrogen-bond acceptors (Lipinski definition) is 7. The van der Waals surface area contributed by atoms with Crippen LogP contribution in [0.2, 0.25) is 0 Å². The molecule has 1 N–H and O–H groups in total. The molecule has 0 radical (unpaired) electrons. The number of rotatable bonds is 10. The quantitative estimate of drug-likeness (QED) is 0.546. The number of likely N-dealkylation sites (N-methyl/N-ethyl adjacent to an activating group) is 1. The molecule has 3 rings (SSSR count). The SMILES string of the molecule is CN(C)CCN(Cc1ccc(C#N)cc1)C(=O)CCNS(=O)(=O)c1ccc2c(c1)OCCCO2. The number of nitrogens with zero attached hydrogens (tertiary/aromatic N) is 3. The van der Waals surface area contributed by atoms with Gasteiger partial charge in [0.05, 0.1) is 29.7 Å². The van der Waals surface area contributed by atoms with Crippen LogP contribution in [0.3, 0.4) is 0 Å². The molecule has 0 atom stereocenters. The van der Waals surface area contributed by atoms with Crippen molar-refractivity contribution in [2.24, 2.45) is 0 Å². The normalized spacial score (nSPS) is 13.2. The molecule has 2 aromatic rings. The van der Waals surface area contributed by atoms with Crippen LogP contribution in [-0.4, -0.2) is 71.1 Å². The molecule has 2 aromatic carbocycles. The van der Waals surface area contributed by atoms with Gasteiger partial charge in [0.2, 0.25) is 15.9 Å². The number of nitrogens with one attached hydrogen (secondary N) is 1. The second-order valence-electron chi connectivity index (χ2n) is 8.23. The molecule has 0 aromatic heterocycles. The zero-order chi connectivity index (χ0) is 24.6. The van der Waals surface area contributed by atoms with Gasteiger partial charge in [-0.25, -0.2) is 13.1 Å². The molecule has 0 aliphatic carbocycles. The number of fused-ring (bicyclic) bond motifs is 1. The van der Waals surface area contributed by atoms with E-state index in [4.69, 9.17) is 14.7 Å². The van der Waals surface area contributed by atoms with E-state index in [1.165, 1.54) is 12.1 Å². The van der Waals surface area contributed by atoms with Gasteiger partial charge in [0, 0.05) is 45.1 Å². The van der Waals surface area contributed by atoms with Gasteiger partial charge in [0.25, 0.3) is 0 Å². The molecule has 0 fully saturated rings. The van der Waals surface area contributed by atoms with Crippen LogP contribution in [0.5, 0.6) is 11.5 Å². The topological polar surface area (TPSA) is 112 Å². The maximum Gasteiger partial charge on any atom is 0.240 e. The van der Waals surface area contributed by atoms with E-state index < -0.39 is 10.0 Å². The van der Waals surface area contributed by atoms with Crippen molar-refractivity contribution in [1.82, 2.24) is 14.5 Å². The van der Waals surface area contributed by atoms with Gasteiger partial charge in [0.1, 0.15) is 0 Å². The van der Waals surface area contributed by atoms with E-state index in [9.17, 15) is 13.2 Å². The molecule has 10 heteroatoms. The van der Waals surface area contributed by atoms with Gasteiger partial charge >= 0.3 is 0 Å². The minimum Gasteiger partial charge on any atom is -0.490 e. The van der Waals surface area contributed by atoms with E-state index in [0.717, 1.165) is 12.0 Å². The third kappa shape index (κ3) is 7.18. The molecule has 1 amide bonds. The fraction of sp³-hybridized carbons (Fsp3) is 0.417. The van der Waals surface area contributed by atoms with Crippen LogP contribution in [0.1, 0.15) is 24.0 Å². The lowest BCUT2D eigenvalue weighted by molar-refractivity contribution is -0.131. The average Bonchev–Trinajstić information content (AvgIpc) is 3.06. The Morgan fingerprint density at radius 1 is 1.06 bits per heavy atom. The highest BCUT2D eigenvalue weighted by Crippen LogP contribution is 2.31. The minimum atomic E-state index is -3.81. The number of amides is 1. The van der Waals surface area contributed by atoms with Crippen LogP contribution < -0.4 is 14.2 Å². The van der Waals surface area contributed by atoms with Crippen LogP contribution >= 0.6 is 0 Å². The van der Waals surface area contributed by atoms with Crippen LogP contribution in [0.25, 0.3) is 0 Å². The van der Waals surface area contributed by atoms with Crippen molar-refractivity contribution in [3.63, 3.8) is 0 Å². The first-order valence-corrected chi connectivity index (χ1v) is 12.6. The Morgan fingerprint density at radius 2 is 1.76 bits per heavy atom. The second kappa shape index (κ2) is 11.8. The summed E-state index contributed by atoms with van der Waals surface area (Å²) in [7, 11) is 0.0343. The lowest BCUT2D eigenvalue weighted by Gasteiger charge is -2.25. The fourth-order valence-corrected chi connectivity index (χ4v) is 4.41. The monoisotopic (exact) mass is 486 g/mol. The van der Waals surface area contributed by atoms with E-state index in [1.807, 2.05) is 31.1 Å². The lowest BCUT2D eigenvalue weighted by atomic mass is 10.1. The first-order valence-electron chi connectivity index (χ1n) is 11.1. The van der Waals surface area contributed by atoms with Crippen LogP contribution in [-0.2, 0) is 21.4 Å². The number of carbonyl (C=O) groups excluding carboxylic acids is 1. The summed E-state index contributed by atoms with van der Waals surface area (Å²) in [6.07, 6.45) is 0.747. The number of ether oxygens (including phenoxy) is 2. The van der Waals surface area contributed by atoms with Crippen molar-refractivity contribution >= 4 is 15.9 Å². The molecule has 9 nitrogen and oxygen atoms in total. The predicted octanol–water partition coefficient (Wildman–Crippen LogP) is 1.98. The van der Waals surface area contributed by atoms with Gasteiger partial charge < -0.3 is 19.3 Å². The van der Waals surface area contributed by atoms with Gasteiger partial charge in [-0.3, -0.25) is 4.79 Å². The largest absolute Gasteiger partial charge is 0.490 e. The van der Waals surface area contributed by atoms with E-state index >= 15 is 0 Å². The number of benzene rings is 2. The number of nitriles is 1. The summed E-state index contributed by atoms with van der Waals surface area (Å²) in [5, 5.41) is 8.97. The van der Waals surface area contributed by atoms with E-state index in [-0.39, 0.29) is 23.8 Å². The minimum absolute atomic E-state index is 0.0213. The number of sulfonamides is 1. The maximum atomic E-state index is 12.9. The summed E-state index contributed by atoms with van der Waals surface area (Å²) in [6, 6.07) is 13.6. The molecule has 1 aliphatic heterocycles. The maximum absolute atomic E-state index is 12.9. The number of hydrogen-bond donors (Lipinski definition) is 1. The van der Waals surface area contributed by atoms with E-state index in [0.29, 0.717) is 49.9 Å². The molecule has 0 spiro atoms. The molecule has 0 saturated heterocycles. The van der Waals surface area contributed by atoms with Crippen molar-refractivity contribution in [2.45, 2.75) is 24.3 Å². The van der Waals surface area contributed by atoms with E-state index in [1.54, 1.807) is 23.1 Å². The molecule has 0 unspecified atom stereocenters. The first kappa shape index (κ1) is 25.5. The Labute approximate surface area is 200 Å². The molecule has 1 heterocycles. The van der Waals surface area contributed by atoms with Gasteiger partial charge in [-0.15, -0.1) is 0 Å². The van der Waals surface area contributed by atoms with Gasteiger partial charge in [0.15, 0.2) is 11.5 Å². The van der Waals surface area contributed by atoms with Crippen molar-refractivity contribution in [1.29, 1.82) is 5.26 Å². The zero-order valence-corrected chi connectivity index (χ0v) is 20.3. The predicted molar refractivity (Wildman–Crippen MR) is 127 cm³/mol. The molecule has 1 aliphatic rings. The Kier molecular flexibility index (Phi) is 8.87. The summed E-state index contributed by atoms with van der Waals surface area (Å²) in [5.41, 5.74) is 1.46. The van der Waals surface area contributed by atoms with Gasteiger partial charge in [-0.2, -0.15) is 5.26 Å². The van der Waals surface area contributed by atoms with Crippen molar-refractivity contribution in [2.75, 3.05) is 46.9 Å². The molecule has 0 saturated carbocycles. The molecule has 0 bridgehead atoms. The molecular formula is C24H30N4O5S. The summed E-state index contributed by atoms with van der Waals surface area (Å²) in [5.74, 6) is 0.757. The Hall–Kier alpha value is -3.13. The van der Waals surface area contributed by atoms with Gasteiger partial charge in [-0.05, 0) is 43.9 Å². The first-order chi connectivity index (χ1) is 16.3. The Balaban J connectivity index is 1.61. The molecular weight excluding hydrogens is 456 g/mol. The standard InChI is InChI=1S/C24H30N4O5S/c1-27(2)12-13-28(18-20-6-4-19(17-25)5-7-20)24(29)10-11-26-34(30,31)21-8-9-22-23(16-21)33-15-3-14-32-22/h4-9,16,26H,3,10-15,18H2,1-2H3. The lowest BCUT2D eigenvalue weighted by Crippen LogP contribution is -2.38. The van der Waals surface area contributed by atoms with Crippen LogP contribution in [0.15, 0.2) is 47.4 Å². The Morgan fingerprint density at radius 3 is 2.44 bits per heavy atom. The summed E-state index contributed by atoms with van der Waals surface area (Å²) >= 11 is 0. The average molecular weight is 487 g/mol. The third-order valence-corrected chi connectivity index (χ3v) is 6.75. The van der Waals surface area contributed by atoms with Crippen LogP contribution in [0, 0.1) is 11.3 Å². The fourth-order valence-electron chi connectivity index (χ4n) is 3.36. The van der Waals surface area contributed by atoms with Crippen molar-refractivity contribution in [3.8, 4) is 17.6 Å². The number of carbonyl (C=O) groups is 1. The van der Waals surface area contributed by atoms with Crippen molar-refractivity contribution < 1.29 is 22.7 Å². The highest BCUT2D eigenvalue weighted by Gasteiger charge is 2.20. The highest BCUT2D eigenvalue weighted by molar-refractivity contribution is 7.89. The van der Waals surface area contributed by atoms with E-state index in [2.05, 4.69) is 10.8 Å². The molecule has 34 heavy (non-hydrogen) atoms. The zero-order valence-electron chi connectivity index (χ0n) is 19.5.